The normalized spacial score (nSPS) is 12.3. The van der Waals surface area contributed by atoms with E-state index in [4.69, 9.17) is 8.60 Å². The molecule has 5 nitrogen and oxygen atoms in total. The van der Waals surface area contributed by atoms with E-state index in [2.05, 4.69) is 4.98 Å². The van der Waals surface area contributed by atoms with E-state index in [9.17, 15) is 21.6 Å². The van der Waals surface area contributed by atoms with E-state index >= 15 is 0 Å². The number of alkyl halides is 3. The lowest BCUT2D eigenvalue weighted by Gasteiger charge is -2.07. The van der Waals surface area contributed by atoms with Crippen molar-refractivity contribution in [2.24, 2.45) is 0 Å². The van der Waals surface area contributed by atoms with Gasteiger partial charge in [0.1, 0.15) is 0 Å². The van der Waals surface area contributed by atoms with E-state index in [0.717, 1.165) is 11.1 Å². The molecule has 0 spiro atoms. The number of nitrogens with zero attached hydrogens (tertiary/aromatic N) is 1. The summed E-state index contributed by atoms with van der Waals surface area (Å²) in [5.41, 5.74) is 1.99. The molecule has 9 heteroatoms. The summed E-state index contributed by atoms with van der Waals surface area (Å²) in [5.74, 6) is -1.31. The van der Waals surface area contributed by atoms with Gasteiger partial charge in [0.05, 0.1) is 17.2 Å². The minimum Gasteiger partial charge on any atom is -0.431 e. The molecule has 0 saturated carbocycles. The highest BCUT2D eigenvalue weighted by Gasteiger charge is 2.39. The summed E-state index contributed by atoms with van der Waals surface area (Å²) in [6.07, 6.45) is -4.83. The largest absolute Gasteiger partial charge is 0.451 e. The number of oxazole rings is 1. The molecule has 0 fully saturated rings. The first-order chi connectivity index (χ1) is 14.1. The molecule has 2 aromatic carbocycles. The minimum atomic E-state index is -4.71. The third-order valence-electron chi connectivity index (χ3n) is 4.36. The zero-order valence-electron chi connectivity index (χ0n) is 16.4. The van der Waals surface area contributed by atoms with Gasteiger partial charge in [-0.3, -0.25) is 4.18 Å². The summed E-state index contributed by atoms with van der Waals surface area (Å²) < 4.78 is 74.2. The Morgan fingerprint density at radius 1 is 0.967 bits per heavy atom. The van der Waals surface area contributed by atoms with Gasteiger partial charge in [0.25, 0.3) is 10.1 Å². The van der Waals surface area contributed by atoms with Gasteiger partial charge in [-0.15, -0.1) is 0 Å². The van der Waals surface area contributed by atoms with Crippen molar-refractivity contribution in [3.05, 3.63) is 71.1 Å². The van der Waals surface area contributed by atoms with E-state index < -0.39 is 22.1 Å². The molecule has 0 aliphatic carbocycles. The Morgan fingerprint density at radius 3 is 2.10 bits per heavy atom. The van der Waals surface area contributed by atoms with Gasteiger partial charge in [-0.25, -0.2) is 4.98 Å². The summed E-state index contributed by atoms with van der Waals surface area (Å²) >= 11 is 0. The van der Waals surface area contributed by atoms with Crippen LogP contribution in [0.3, 0.4) is 0 Å². The Morgan fingerprint density at radius 2 is 1.53 bits per heavy atom. The lowest BCUT2D eigenvalue weighted by Crippen LogP contribution is -2.10. The summed E-state index contributed by atoms with van der Waals surface area (Å²) in [7, 11) is -3.98. The van der Waals surface area contributed by atoms with E-state index in [1.807, 2.05) is 13.8 Å². The number of hydrogen-bond donors (Lipinski definition) is 0. The van der Waals surface area contributed by atoms with E-state index in [-0.39, 0.29) is 35.9 Å². The van der Waals surface area contributed by atoms with Crippen LogP contribution < -0.4 is 0 Å². The summed E-state index contributed by atoms with van der Waals surface area (Å²) in [6.45, 7) is 3.40. The van der Waals surface area contributed by atoms with Crippen molar-refractivity contribution < 1.29 is 30.2 Å². The smallest absolute Gasteiger partial charge is 0.431 e. The van der Waals surface area contributed by atoms with E-state index in [0.29, 0.717) is 5.56 Å². The van der Waals surface area contributed by atoms with Gasteiger partial charge in [0.2, 0.25) is 11.7 Å². The zero-order valence-corrected chi connectivity index (χ0v) is 17.2. The lowest BCUT2D eigenvalue weighted by atomic mass is 10.1. The van der Waals surface area contributed by atoms with Crippen LogP contribution in [0.4, 0.5) is 13.2 Å². The summed E-state index contributed by atoms with van der Waals surface area (Å²) in [5, 5.41) is 0. The molecule has 3 aromatic rings. The maximum atomic E-state index is 13.3. The predicted octanol–water partition coefficient (Wildman–Crippen LogP) is 5.32. The molecule has 0 unspecified atom stereocenters. The lowest BCUT2D eigenvalue weighted by molar-refractivity contribution is -0.153. The fourth-order valence-corrected chi connectivity index (χ4v) is 3.69. The fraction of sp³-hybridized carbons (Fsp3) is 0.286. The standard InChI is InChI=1S/C21H20F3NO4S/c1-14-5-9-16(10-6-14)20-25-18(19(29-20)21(22,23)24)4-3-13-28-30(26,27)17-11-7-15(2)8-12-17/h5-12H,3-4,13H2,1-2H3. The monoisotopic (exact) mass is 439 g/mol. The first-order valence-corrected chi connectivity index (χ1v) is 10.6. The number of benzene rings is 2. The van der Waals surface area contributed by atoms with Crippen LogP contribution in [-0.2, 0) is 26.9 Å². The van der Waals surface area contributed by atoms with Crippen molar-refractivity contribution in [2.75, 3.05) is 6.61 Å². The molecule has 0 saturated heterocycles. The Bertz CT molecular complexity index is 1100. The Labute approximate surface area is 172 Å². The molecular formula is C21H20F3NO4S. The zero-order chi connectivity index (χ0) is 21.9. The van der Waals surface area contributed by atoms with Crippen LogP contribution >= 0.6 is 0 Å². The number of halogens is 3. The Hall–Kier alpha value is -2.65. The van der Waals surface area contributed by atoms with Crippen LogP contribution in [0.2, 0.25) is 0 Å². The SMILES string of the molecule is Cc1ccc(-c2nc(CCCOS(=O)(=O)c3ccc(C)cc3)c(C(F)(F)F)o2)cc1. The van der Waals surface area contributed by atoms with Crippen molar-refractivity contribution in [1.82, 2.24) is 4.98 Å². The topological polar surface area (TPSA) is 69.4 Å². The Balaban J connectivity index is 1.70. The quantitative estimate of drug-likeness (QED) is 0.368. The molecule has 30 heavy (non-hydrogen) atoms. The van der Waals surface area contributed by atoms with Crippen LogP contribution in [-0.4, -0.2) is 20.0 Å². The van der Waals surface area contributed by atoms with Gasteiger partial charge in [-0.2, -0.15) is 21.6 Å². The molecule has 3 rings (SSSR count). The molecule has 0 amide bonds. The van der Waals surface area contributed by atoms with Crippen LogP contribution in [0, 0.1) is 13.8 Å². The van der Waals surface area contributed by atoms with Gasteiger partial charge in [0.15, 0.2) is 0 Å². The van der Waals surface area contributed by atoms with Crippen LogP contribution in [0.25, 0.3) is 11.5 Å². The van der Waals surface area contributed by atoms with Crippen molar-refractivity contribution in [3.8, 4) is 11.5 Å². The van der Waals surface area contributed by atoms with Gasteiger partial charge in [-0.05, 0) is 51.0 Å². The third-order valence-corrected chi connectivity index (χ3v) is 5.69. The molecule has 1 aromatic heterocycles. The van der Waals surface area contributed by atoms with Crippen molar-refractivity contribution in [1.29, 1.82) is 0 Å². The average molecular weight is 439 g/mol. The average Bonchev–Trinajstić information content (AvgIpc) is 3.11. The summed E-state index contributed by atoms with van der Waals surface area (Å²) in [4.78, 5) is 3.98. The molecule has 0 radical (unpaired) electrons. The maximum absolute atomic E-state index is 13.3. The van der Waals surface area contributed by atoms with E-state index in [1.54, 1.807) is 36.4 Å². The third kappa shape index (κ3) is 5.28. The molecular weight excluding hydrogens is 419 g/mol. The number of aryl methyl sites for hydroxylation is 3. The van der Waals surface area contributed by atoms with Crippen LogP contribution in [0.5, 0.6) is 0 Å². The highest BCUT2D eigenvalue weighted by atomic mass is 32.2. The van der Waals surface area contributed by atoms with Gasteiger partial charge >= 0.3 is 6.18 Å². The highest BCUT2D eigenvalue weighted by molar-refractivity contribution is 7.86. The minimum absolute atomic E-state index is 0.00725. The van der Waals surface area contributed by atoms with Crippen molar-refractivity contribution in [3.63, 3.8) is 0 Å². The fourth-order valence-electron chi connectivity index (χ4n) is 2.74. The predicted molar refractivity (Wildman–Crippen MR) is 104 cm³/mol. The molecule has 0 N–H and O–H groups in total. The van der Waals surface area contributed by atoms with Crippen molar-refractivity contribution in [2.45, 2.75) is 37.8 Å². The molecule has 160 valence electrons. The second-order valence-corrected chi connectivity index (χ2v) is 8.47. The molecule has 0 atom stereocenters. The van der Waals surface area contributed by atoms with E-state index in [1.165, 1.54) is 12.1 Å². The first kappa shape index (κ1) is 22.0. The number of rotatable bonds is 7. The van der Waals surface area contributed by atoms with Gasteiger partial charge in [-0.1, -0.05) is 35.4 Å². The number of hydrogen-bond acceptors (Lipinski definition) is 5. The van der Waals surface area contributed by atoms with Crippen molar-refractivity contribution >= 4 is 10.1 Å². The summed E-state index contributed by atoms with van der Waals surface area (Å²) in [6, 6.07) is 12.8. The highest BCUT2D eigenvalue weighted by Crippen LogP contribution is 2.35. The molecule has 0 bridgehead atoms. The maximum Gasteiger partial charge on any atom is 0.451 e. The number of aromatic nitrogens is 1. The first-order valence-electron chi connectivity index (χ1n) is 9.16. The second kappa shape index (κ2) is 8.61. The van der Waals surface area contributed by atoms with Crippen LogP contribution in [0.1, 0.15) is 29.0 Å². The van der Waals surface area contributed by atoms with Crippen LogP contribution in [0.15, 0.2) is 57.8 Å². The Kier molecular flexibility index (Phi) is 6.33. The molecule has 0 aliphatic heterocycles. The van der Waals surface area contributed by atoms with Gasteiger partial charge < -0.3 is 4.42 Å². The second-order valence-electron chi connectivity index (χ2n) is 6.85. The molecule has 1 heterocycles. The molecule has 0 aliphatic rings. The van der Waals surface area contributed by atoms with Gasteiger partial charge in [0, 0.05) is 5.56 Å².